The summed E-state index contributed by atoms with van der Waals surface area (Å²) >= 11 is 0. The van der Waals surface area contributed by atoms with Crippen molar-refractivity contribution >= 4 is 5.91 Å². The molecule has 0 bridgehead atoms. The van der Waals surface area contributed by atoms with E-state index < -0.39 is 6.61 Å². The first-order chi connectivity index (χ1) is 11.4. The van der Waals surface area contributed by atoms with E-state index in [9.17, 15) is 13.6 Å². The van der Waals surface area contributed by atoms with Crippen molar-refractivity contribution in [1.29, 1.82) is 0 Å². The SMILES string of the molecule is CC(=O)N1CC(c2ccc(OC(F)F)c(OCC3CC3)c2)CC1C. The number of nitrogens with zero attached hydrogens (tertiary/aromatic N) is 1. The highest BCUT2D eigenvalue weighted by Crippen LogP contribution is 2.38. The van der Waals surface area contributed by atoms with Crippen LogP contribution < -0.4 is 9.47 Å². The van der Waals surface area contributed by atoms with Gasteiger partial charge in [0.1, 0.15) is 0 Å². The molecular weight excluding hydrogens is 316 g/mol. The zero-order chi connectivity index (χ0) is 17.3. The molecule has 1 aliphatic carbocycles. The van der Waals surface area contributed by atoms with Crippen molar-refractivity contribution in [1.82, 2.24) is 4.90 Å². The molecule has 0 aromatic heterocycles. The van der Waals surface area contributed by atoms with Crippen molar-refractivity contribution in [3.63, 3.8) is 0 Å². The normalized spacial score (nSPS) is 23.6. The molecule has 2 fully saturated rings. The Bertz CT molecular complexity index is 604. The molecule has 6 heteroatoms. The van der Waals surface area contributed by atoms with E-state index in [4.69, 9.17) is 4.74 Å². The molecule has 3 rings (SSSR count). The minimum atomic E-state index is -2.88. The third-order valence-electron chi connectivity index (χ3n) is 4.81. The van der Waals surface area contributed by atoms with Gasteiger partial charge in [0, 0.05) is 25.4 Å². The van der Waals surface area contributed by atoms with Crippen molar-refractivity contribution in [2.75, 3.05) is 13.2 Å². The van der Waals surface area contributed by atoms with E-state index in [1.165, 1.54) is 0 Å². The van der Waals surface area contributed by atoms with Crippen LogP contribution in [0.1, 0.15) is 44.6 Å². The van der Waals surface area contributed by atoms with E-state index in [1.807, 2.05) is 11.8 Å². The van der Waals surface area contributed by atoms with Crippen molar-refractivity contribution in [2.24, 2.45) is 5.92 Å². The minimum Gasteiger partial charge on any atom is -0.489 e. The molecule has 1 heterocycles. The van der Waals surface area contributed by atoms with Crippen molar-refractivity contribution in [3.8, 4) is 11.5 Å². The third kappa shape index (κ3) is 3.97. The molecule has 2 unspecified atom stereocenters. The second-order valence-electron chi connectivity index (χ2n) is 6.79. The summed E-state index contributed by atoms with van der Waals surface area (Å²) in [6, 6.07) is 5.31. The van der Waals surface area contributed by atoms with Gasteiger partial charge < -0.3 is 14.4 Å². The Balaban J connectivity index is 1.77. The quantitative estimate of drug-likeness (QED) is 0.791. The van der Waals surface area contributed by atoms with Crippen molar-refractivity contribution < 1.29 is 23.0 Å². The first-order valence-electron chi connectivity index (χ1n) is 8.42. The number of hydrogen-bond acceptors (Lipinski definition) is 3. The maximum atomic E-state index is 12.6. The van der Waals surface area contributed by atoms with Crippen molar-refractivity contribution in [2.45, 2.75) is 51.7 Å². The summed E-state index contributed by atoms with van der Waals surface area (Å²) in [6.07, 6.45) is 3.10. The number of amides is 1. The lowest BCUT2D eigenvalue weighted by Gasteiger charge is -2.19. The zero-order valence-corrected chi connectivity index (χ0v) is 14.0. The molecular formula is C18H23F2NO3. The van der Waals surface area contributed by atoms with Gasteiger partial charge in [-0.3, -0.25) is 4.79 Å². The van der Waals surface area contributed by atoms with Crippen LogP contribution in [0.2, 0.25) is 0 Å². The number of carbonyl (C=O) groups excluding carboxylic acids is 1. The van der Waals surface area contributed by atoms with Crippen LogP contribution in [0, 0.1) is 5.92 Å². The average Bonchev–Trinajstić information content (AvgIpc) is 3.26. The van der Waals surface area contributed by atoms with Gasteiger partial charge in [0.05, 0.1) is 6.61 Å². The van der Waals surface area contributed by atoms with Gasteiger partial charge >= 0.3 is 6.61 Å². The molecule has 0 N–H and O–H groups in total. The van der Waals surface area contributed by atoms with Gasteiger partial charge in [0.25, 0.3) is 0 Å². The number of halogens is 2. The van der Waals surface area contributed by atoms with Gasteiger partial charge in [0.15, 0.2) is 11.5 Å². The molecule has 1 saturated carbocycles. The van der Waals surface area contributed by atoms with Crippen LogP contribution in [-0.4, -0.2) is 36.6 Å². The highest BCUT2D eigenvalue weighted by atomic mass is 19.3. The van der Waals surface area contributed by atoms with Crippen LogP contribution >= 0.6 is 0 Å². The minimum absolute atomic E-state index is 0.0628. The lowest BCUT2D eigenvalue weighted by atomic mass is 9.96. The molecule has 1 amide bonds. The van der Waals surface area contributed by atoms with Crippen LogP contribution in [0.15, 0.2) is 18.2 Å². The molecule has 2 atom stereocenters. The van der Waals surface area contributed by atoms with Crippen LogP contribution in [-0.2, 0) is 4.79 Å². The van der Waals surface area contributed by atoms with Gasteiger partial charge in [-0.2, -0.15) is 8.78 Å². The topological polar surface area (TPSA) is 38.8 Å². The lowest BCUT2D eigenvalue weighted by molar-refractivity contribution is -0.129. The summed E-state index contributed by atoms with van der Waals surface area (Å²) in [5, 5.41) is 0. The Morgan fingerprint density at radius 2 is 2.08 bits per heavy atom. The molecule has 1 saturated heterocycles. The average molecular weight is 339 g/mol. The van der Waals surface area contributed by atoms with Crippen LogP contribution in [0.4, 0.5) is 8.78 Å². The molecule has 2 aliphatic rings. The largest absolute Gasteiger partial charge is 0.489 e. The maximum absolute atomic E-state index is 12.6. The predicted molar refractivity (Wildman–Crippen MR) is 85.5 cm³/mol. The number of rotatable bonds is 6. The Hall–Kier alpha value is -1.85. The van der Waals surface area contributed by atoms with Crippen molar-refractivity contribution in [3.05, 3.63) is 23.8 Å². The second kappa shape index (κ2) is 6.95. The Kier molecular flexibility index (Phi) is 4.92. The number of hydrogen-bond donors (Lipinski definition) is 0. The first-order valence-corrected chi connectivity index (χ1v) is 8.42. The second-order valence-corrected chi connectivity index (χ2v) is 6.79. The monoisotopic (exact) mass is 339 g/mol. The highest BCUT2D eigenvalue weighted by molar-refractivity contribution is 5.74. The molecule has 132 valence electrons. The number of carbonyl (C=O) groups is 1. The first kappa shape index (κ1) is 17.0. The zero-order valence-electron chi connectivity index (χ0n) is 14.0. The smallest absolute Gasteiger partial charge is 0.387 e. The fraction of sp³-hybridized carbons (Fsp3) is 0.611. The van der Waals surface area contributed by atoms with Gasteiger partial charge in [0.2, 0.25) is 5.91 Å². The Labute approximate surface area is 140 Å². The van der Waals surface area contributed by atoms with Gasteiger partial charge in [-0.15, -0.1) is 0 Å². The van der Waals surface area contributed by atoms with Gasteiger partial charge in [-0.25, -0.2) is 0 Å². The summed E-state index contributed by atoms with van der Waals surface area (Å²) < 4.78 is 35.5. The summed E-state index contributed by atoms with van der Waals surface area (Å²) in [7, 11) is 0. The van der Waals surface area contributed by atoms with E-state index in [0.717, 1.165) is 24.8 Å². The van der Waals surface area contributed by atoms with E-state index >= 15 is 0 Å². The van der Waals surface area contributed by atoms with Gasteiger partial charge in [-0.05, 0) is 49.8 Å². The number of alkyl halides is 2. The number of benzene rings is 1. The fourth-order valence-corrected chi connectivity index (χ4v) is 3.29. The number of likely N-dealkylation sites (tertiary alicyclic amines) is 1. The predicted octanol–water partition coefficient (Wildman–Crippen LogP) is 3.80. The van der Waals surface area contributed by atoms with E-state index in [-0.39, 0.29) is 23.6 Å². The van der Waals surface area contributed by atoms with Crippen LogP contribution in [0.5, 0.6) is 11.5 Å². The van der Waals surface area contributed by atoms with E-state index in [0.29, 0.717) is 24.8 Å². The fourth-order valence-electron chi connectivity index (χ4n) is 3.29. The molecule has 1 aromatic carbocycles. The van der Waals surface area contributed by atoms with Crippen LogP contribution in [0.25, 0.3) is 0 Å². The van der Waals surface area contributed by atoms with Gasteiger partial charge in [-0.1, -0.05) is 6.07 Å². The summed E-state index contributed by atoms with van der Waals surface area (Å²) in [6.45, 7) is 1.90. The summed E-state index contributed by atoms with van der Waals surface area (Å²) in [5.74, 6) is 1.21. The van der Waals surface area contributed by atoms with E-state index in [2.05, 4.69) is 4.74 Å². The van der Waals surface area contributed by atoms with Crippen LogP contribution in [0.3, 0.4) is 0 Å². The standard InChI is InChI=1S/C18H23F2NO3/c1-11-7-15(9-21(11)12(2)22)14-5-6-16(24-18(19)20)17(8-14)23-10-13-3-4-13/h5-6,8,11,13,15,18H,3-4,7,9-10H2,1-2H3. The number of ether oxygens (including phenoxy) is 2. The molecule has 1 aliphatic heterocycles. The molecule has 1 aromatic rings. The molecule has 24 heavy (non-hydrogen) atoms. The van der Waals surface area contributed by atoms with E-state index in [1.54, 1.807) is 25.1 Å². The molecule has 0 spiro atoms. The summed E-state index contributed by atoms with van der Waals surface area (Å²) in [5.41, 5.74) is 0.998. The molecule has 0 radical (unpaired) electrons. The molecule has 4 nitrogen and oxygen atoms in total. The Morgan fingerprint density at radius 3 is 2.67 bits per heavy atom. The third-order valence-corrected chi connectivity index (χ3v) is 4.81. The lowest BCUT2D eigenvalue weighted by Crippen LogP contribution is -2.31. The maximum Gasteiger partial charge on any atom is 0.387 e. The summed E-state index contributed by atoms with van der Waals surface area (Å²) in [4.78, 5) is 13.5. The highest BCUT2D eigenvalue weighted by Gasteiger charge is 2.32. The Morgan fingerprint density at radius 1 is 1.33 bits per heavy atom.